The molecule has 0 aliphatic carbocycles. The Labute approximate surface area is 383 Å². The number of hydrogen-bond donors (Lipinski definition) is 4. The average molecular weight is 911 g/mol. The van der Waals surface area contributed by atoms with Crippen molar-refractivity contribution in [2.75, 3.05) is 13.2 Å². The number of para-hydroxylation sites is 1. The molecule has 4 aromatic heterocycles. The van der Waals surface area contributed by atoms with Gasteiger partial charge < -0.3 is 19.7 Å². The lowest BCUT2D eigenvalue weighted by Crippen LogP contribution is -2.11. The molecule has 68 heavy (non-hydrogen) atoms. The van der Waals surface area contributed by atoms with E-state index in [1.165, 1.54) is 6.07 Å². The van der Waals surface area contributed by atoms with E-state index in [0.717, 1.165) is 33.4 Å². The molecule has 0 spiro atoms. The molecule has 0 bridgehead atoms. The Hall–Kier alpha value is -9.32. The molecular formula is C50H38N8O10. The summed E-state index contributed by atoms with van der Waals surface area (Å²) < 4.78 is 25.2. The Bertz CT molecular complexity index is 3640. The molecule has 0 saturated heterocycles. The van der Waals surface area contributed by atoms with Crippen LogP contribution in [-0.2, 0) is 19.5 Å². The van der Waals surface area contributed by atoms with Crippen molar-refractivity contribution in [3.05, 3.63) is 176 Å². The first-order valence-corrected chi connectivity index (χ1v) is 21.4. The highest BCUT2D eigenvalue weighted by molar-refractivity contribution is 6.02. The van der Waals surface area contributed by atoms with Crippen molar-refractivity contribution in [1.82, 2.24) is 39.4 Å². The van der Waals surface area contributed by atoms with Crippen LogP contribution in [0.25, 0.3) is 67.1 Å². The molecule has 0 atom stereocenters. The normalized spacial score (nSPS) is 11.4. The van der Waals surface area contributed by atoms with E-state index in [2.05, 4.69) is 20.3 Å². The zero-order valence-corrected chi connectivity index (χ0v) is 36.0. The number of aromatic amines is 2. The lowest BCUT2D eigenvalue weighted by atomic mass is 9.98. The number of carboxylic acid groups (broad SMARTS) is 2. The molecule has 18 nitrogen and oxygen atoms in total. The number of fused-ring (bicyclic) bond motifs is 2. The minimum atomic E-state index is -1.15. The molecule has 6 aromatic carbocycles. The highest BCUT2D eigenvalue weighted by Crippen LogP contribution is 2.34. The molecule has 338 valence electrons. The van der Waals surface area contributed by atoms with E-state index in [4.69, 9.17) is 28.5 Å². The van der Waals surface area contributed by atoms with E-state index in [9.17, 15) is 29.4 Å². The number of carbonyl (C=O) groups is 2. The molecule has 0 fully saturated rings. The monoisotopic (exact) mass is 910 g/mol. The maximum Gasteiger partial charge on any atom is 0.439 e. The maximum atomic E-state index is 12.9. The number of carboxylic acids is 2. The zero-order valence-electron chi connectivity index (χ0n) is 36.0. The number of aromatic nitrogens is 8. The SMILES string of the molecule is CCOc1nc2cc(CCOc3nc4cccc(C(=O)O)c4n3Cc3ccc(-c4ccccc4-c4noc(=O)[nH]4)cc3)cc(C(=O)O)c2n1Cc1ccc(-c2ccccc2-c2noc(=O)[nH]2)cc1. The van der Waals surface area contributed by atoms with Crippen LogP contribution in [0, 0.1) is 0 Å². The Balaban J connectivity index is 0.913. The number of benzene rings is 6. The Morgan fingerprint density at radius 3 is 1.57 bits per heavy atom. The average Bonchev–Trinajstić information content (AvgIpc) is 4.15. The van der Waals surface area contributed by atoms with Gasteiger partial charge in [-0.2, -0.15) is 9.97 Å². The summed E-state index contributed by atoms with van der Waals surface area (Å²) in [5.41, 5.74) is 8.74. The number of hydrogen-bond acceptors (Lipinski definition) is 12. The molecular weight excluding hydrogens is 873 g/mol. The summed E-state index contributed by atoms with van der Waals surface area (Å²) in [6, 6.07) is 39.0. The van der Waals surface area contributed by atoms with Crippen LogP contribution >= 0.6 is 0 Å². The molecule has 4 heterocycles. The van der Waals surface area contributed by atoms with E-state index in [1.807, 2.05) is 110 Å². The molecule has 0 unspecified atom stereocenters. The third kappa shape index (κ3) is 8.28. The number of nitrogens with zero attached hydrogens (tertiary/aromatic N) is 6. The number of nitrogens with one attached hydrogen (secondary N) is 2. The number of aromatic carboxylic acids is 2. The summed E-state index contributed by atoms with van der Waals surface area (Å²) in [5.74, 6) is -2.97. The summed E-state index contributed by atoms with van der Waals surface area (Å²) in [6.07, 6.45) is 0.262. The number of ether oxygens (including phenoxy) is 2. The lowest BCUT2D eigenvalue weighted by Gasteiger charge is -2.13. The first-order chi connectivity index (χ1) is 33.1. The van der Waals surface area contributed by atoms with Crippen LogP contribution in [0.2, 0.25) is 0 Å². The number of rotatable bonds is 16. The highest BCUT2D eigenvalue weighted by Gasteiger charge is 2.23. The van der Waals surface area contributed by atoms with Gasteiger partial charge in [-0.25, -0.2) is 19.2 Å². The van der Waals surface area contributed by atoms with Gasteiger partial charge in [0.05, 0.1) is 59.5 Å². The third-order valence-corrected chi connectivity index (χ3v) is 11.4. The van der Waals surface area contributed by atoms with Gasteiger partial charge in [-0.15, -0.1) is 0 Å². The van der Waals surface area contributed by atoms with Gasteiger partial charge in [0.25, 0.3) is 12.0 Å². The molecule has 0 amide bonds. The van der Waals surface area contributed by atoms with Crippen LogP contribution in [0.15, 0.2) is 146 Å². The van der Waals surface area contributed by atoms with Gasteiger partial charge in [0.2, 0.25) is 0 Å². The smallest absolute Gasteiger partial charge is 0.439 e. The van der Waals surface area contributed by atoms with Gasteiger partial charge in [0.15, 0.2) is 11.6 Å². The molecule has 0 aliphatic rings. The number of imidazole rings is 2. The second-order valence-electron chi connectivity index (χ2n) is 15.7. The fraction of sp³-hybridized carbons (Fsp3) is 0.120. The van der Waals surface area contributed by atoms with Crippen molar-refractivity contribution < 1.29 is 38.3 Å². The lowest BCUT2D eigenvalue weighted by molar-refractivity contribution is 0.0687. The van der Waals surface area contributed by atoms with Gasteiger partial charge in [0.1, 0.15) is 0 Å². The third-order valence-electron chi connectivity index (χ3n) is 11.4. The second kappa shape index (κ2) is 17.9. The van der Waals surface area contributed by atoms with Gasteiger partial charge in [-0.3, -0.25) is 28.1 Å². The van der Waals surface area contributed by atoms with Crippen molar-refractivity contribution in [2.24, 2.45) is 0 Å². The Kier molecular flexibility index (Phi) is 11.2. The summed E-state index contributed by atoms with van der Waals surface area (Å²) in [4.78, 5) is 63.4. The molecule has 10 aromatic rings. The summed E-state index contributed by atoms with van der Waals surface area (Å²) >= 11 is 0. The predicted molar refractivity (Wildman–Crippen MR) is 248 cm³/mol. The van der Waals surface area contributed by atoms with Crippen molar-refractivity contribution in [3.8, 4) is 57.1 Å². The fourth-order valence-corrected chi connectivity index (χ4v) is 8.37. The molecule has 4 N–H and O–H groups in total. The van der Waals surface area contributed by atoms with Crippen LogP contribution in [0.3, 0.4) is 0 Å². The second-order valence-corrected chi connectivity index (χ2v) is 15.7. The van der Waals surface area contributed by atoms with E-state index in [0.29, 0.717) is 57.0 Å². The van der Waals surface area contributed by atoms with Crippen molar-refractivity contribution in [2.45, 2.75) is 26.4 Å². The van der Waals surface area contributed by atoms with E-state index in [1.54, 1.807) is 27.3 Å². The van der Waals surface area contributed by atoms with Crippen molar-refractivity contribution in [1.29, 1.82) is 0 Å². The Morgan fingerprint density at radius 2 is 1.07 bits per heavy atom. The Morgan fingerprint density at radius 1 is 0.574 bits per heavy atom. The van der Waals surface area contributed by atoms with Crippen molar-refractivity contribution in [3.63, 3.8) is 0 Å². The summed E-state index contributed by atoms with van der Waals surface area (Å²) in [5, 5.41) is 28.5. The molecule has 10 rings (SSSR count). The first kappa shape index (κ1) is 42.6. The largest absolute Gasteiger partial charge is 0.478 e. The molecule has 0 saturated carbocycles. The van der Waals surface area contributed by atoms with Crippen LogP contribution in [0.4, 0.5) is 0 Å². The van der Waals surface area contributed by atoms with Crippen LogP contribution in [-0.4, -0.2) is 74.7 Å². The van der Waals surface area contributed by atoms with Gasteiger partial charge in [-0.1, -0.05) is 113 Å². The molecule has 18 heteroatoms. The fourth-order valence-electron chi connectivity index (χ4n) is 8.37. The minimum Gasteiger partial charge on any atom is -0.478 e. The quantitative estimate of drug-likeness (QED) is 0.0719. The number of H-pyrrole nitrogens is 2. The standard InChI is InChI=1S/C50H38N8O10/c1-2-65-47-52-40-25-30(24-38(46(61)62)42(40)58(47)27-29-16-20-32(21-17-29)34-9-4-6-11-36(34)44-54-50(64)68-56-44)22-23-66-48-51-39-13-7-12-37(45(59)60)41(39)57(48)26-28-14-18-31(19-15-28)33-8-3-5-10-35(33)43-53-49(63)67-55-43/h3-21,24-25H,2,22-23,26-27H2,1H3,(H,59,60)(H,61,62)(H,53,55,63)(H,54,56,64). The van der Waals surface area contributed by atoms with Gasteiger partial charge in [-0.05, 0) is 70.1 Å². The van der Waals surface area contributed by atoms with Gasteiger partial charge >= 0.3 is 23.5 Å². The predicted octanol–water partition coefficient (Wildman–Crippen LogP) is 7.92. The molecule has 0 aliphatic heterocycles. The highest BCUT2D eigenvalue weighted by atomic mass is 16.5. The molecule has 0 radical (unpaired) electrons. The van der Waals surface area contributed by atoms with Crippen LogP contribution in [0.5, 0.6) is 12.0 Å². The summed E-state index contributed by atoms with van der Waals surface area (Å²) in [6.45, 7) is 2.65. The first-order valence-electron chi connectivity index (χ1n) is 21.4. The van der Waals surface area contributed by atoms with Crippen LogP contribution < -0.4 is 21.0 Å². The topological polar surface area (TPSA) is 246 Å². The van der Waals surface area contributed by atoms with E-state index in [-0.39, 0.29) is 49.3 Å². The zero-order chi connectivity index (χ0) is 46.9. The van der Waals surface area contributed by atoms with Gasteiger partial charge in [0, 0.05) is 17.5 Å². The van der Waals surface area contributed by atoms with E-state index >= 15 is 0 Å². The summed E-state index contributed by atoms with van der Waals surface area (Å²) in [7, 11) is 0. The minimum absolute atomic E-state index is 0.0295. The van der Waals surface area contributed by atoms with E-state index < -0.39 is 23.5 Å². The maximum absolute atomic E-state index is 12.9. The van der Waals surface area contributed by atoms with Crippen molar-refractivity contribution >= 4 is 34.0 Å². The van der Waals surface area contributed by atoms with Crippen LogP contribution in [0.1, 0.15) is 44.3 Å².